The van der Waals surface area contributed by atoms with Crippen LogP contribution in [-0.2, 0) is 14.8 Å². The van der Waals surface area contributed by atoms with Crippen molar-refractivity contribution in [2.75, 3.05) is 25.5 Å². The summed E-state index contributed by atoms with van der Waals surface area (Å²) >= 11 is 0. The molecule has 1 aromatic rings. The van der Waals surface area contributed by atoms with Gasteiger partial charge in [-0.05, 0) is 115 Å². The second-order valence-corrected chi connectivity index (χ2v) is 11.6. The molecule has 0 radical (unpaired) electrons. The van der Waals surface area contributed by atoms with Gasteiger partial charge in [-0.1, -0.05) is 0 Å². The highest BCUT2D eigenvalue weighted by Crippen LogP contribution is 2.50. The number of carbonyl (C=O) groups excluding carboxylic acids is 1. The van der Waals surface area contributed by atoms with Gasteiger partial charge in [-0.15, -0.1) is 0 Å². The van der Waals surface area contributed by atoms with E-state index in [9.17, 15) is 13.2 Å². The molecular formula is C24H35N3O3S. The standard InChI is InChI=1S/C24H35N3O3S/c1-17-16-21(31(29,30)26-18(2)20-9-14-27(3)15-10-20)4-5-22(17)25-23(28)24-11-6-19(7-12-24)8-13-24/h4-5,16,19-20H,6-15H2,1-3H3,(H,25,28)/b26-18-. The number of likely N-dealkylation sites (tertiary alicyclic amines) is 1. The fourth-order valence-corrected chi connectivity index (χ4v) is 6.72. The first-order valence-corrected chi connectivity index (χ1v) is 13.0. The predicted molar refractivity (Wildman–Crippen MR) is 124 cm³/mol. The summed E-state index contributed by atoms with van der Waals surface area (Å²) in [7, 11) is -1.67. The molecule has 6 nitrogen and oxygen atoms in total. The fraction of sp³-hybridized carbons (Fsp3) is 0.667. The van der Waals surface area contributed by atoms with Crippen LogP contribution in [0.3, 0.4) is 0 Å². The second kappa shape index (κ2) is 8.66. The van der Waals surface area contributed by atoms with Gasteiger partial charge in [-0.25, -0.2) is 0 Å². The normalized spacial score (nSPS) is 28.0. The van der Waals surface area contributed by atoms with E-state index in [1.54, 1.807) is 18.2 Å². The highest BCUT2D eigenvalue weighted by atomic mass is 32.2. The first-order valence-electron chi connectivity index (χ1n) is 11.6. The molecule has 0 aromatic heterocycles. The predicted octanol–water partition coefficient (Wildman–Crippen LogP) is 4.40. The minimum Gasteiger partial charge on any atom is -0.325 e. The number of carbonyl (C=O) groups is 1. The third-order valence-electron chi connectivity index (χ3n) is 7.89. The zero-order valence-corrected chi connectivity index (χ0v) is 19.8. The molecule has 1 heterocycles. The van der Waals surface area contributed by atoms with E-state index in [-0.39, 0.29) is 22.1 Å². The Morgan fingerprint density at radius 3 is 2.29 bits per heavy atom. The molecule has 170 valence electrons. The van der Waals surface area contributed by atoms with Crippen LogP contribution in [0.2, 0.25) is 0 Å². The van der Waals surface area contributed by atoms with Crippen LogP contribution in [0.5, 0.6) is 0 Å². The van der Waals surface area contributed by atoms with Crippen molar-refractivity contribution in [3.63, 3.8) is 0 Å². The Hall–Kier alpha value is -1.73. The molecule has 1 saturated heterocycles. The molecule has 2 bridgehead atoms. The third-order valence-corrected chi connectivity index (χ3v) is 9.27. The van der Waals surface area contributed by atoms with Crippen molar-refractivity contribution in [1.29, 1.82) is 0 Å². The molecule has 5 rings (SSSR count). The Bertz CT molecular complexity index is 956. The van der Waals surface area contributed by atoms with Gasteiger partial charge in [0, 0.05) is 22.7 Å². The van der Waals surface area contributed by atoms with Gasteiger partial charge in [0.25, 0.3) is 10.0 Å². The number of benzene rings is 1. The van der Waals surface area contributed by atoms with Gasteiger partial charge in [0.2, 0.25) is 5.91 Å². The number of hydrogen-bond acceptors (Lipinski definition) is 4. The number of fused-ring (bicyclic) bond motifs is 3. The molecule has 7 heteroatoms. The van der Waals surface area contributed by atoms with E-state index >= 15 is 0 Å². The van der Waals surface area contributed by atoms with Gasteiger partial charge in [-0.3, -0.25) is 4.79 Å². The van der Waals surface area contributed by atoms with Crippen LogP contribution in [0.15, 0.2) is 27.5 Å². The lowest BCUT2D eigenvalue weighted by Gasteiger charge is -2.45. The minimum atomic E-state index is -3.76. The molecule has 4 aliphatic rings. The summed E-state index contributed by atoms with van der Waals surface area (Å²) in [4.78, 5) is 15.5. The van der Waals surface area contributed by atoms with E-state index in [2.05, 4.69) is 21.7 Å². The van der Waals surface area contributed by atoms with E-state index in [1.165, 1.54) is 0 Å². The van der Waals surface area contributed by atoms with Crippen molar-refractivity contribution < 1.29 is 13.2 Å². The molecule has 1 amide bonds. The Kier molecular flexibility index (Phi) is 6.28. The summed E-state index contributed by atoms with van der Waals surface area (Å²) in [6, 6.07) is 4.91. The molecule has 0 unspecified atom stereocenters. The number of amides is 1. The molecule has 1 aromatic carbocycles. The smallest absolute Gasteiger partial charge is 0.282 e. The maximum absolute atomic E-state index is 13.1. The number of hydrogen-bond donors (Lipinski definition) is 1. The summed E-state index contributed by atoms with van der Waals surface area (Å²) in [5.41, 5.74) is 1.90. The van der Waals surface area contributed by atoms with Crippen molar-refractivity contribution in [2.24, 2.45) is 21.6 Å². The molecule has 0 spiro atoms. The quantitative estimate of drug-likeness (QED) is 0.682. The van der Waals surface area contributed by atoms with Crippen molar-refractivity contribution in [2.45, 2.75) is 70.1 Å². The maximum atomic E-state index is 13.1. The van der Waals surface area contributed by atoms with E-state index in [0.29, 0.717) is 11.4 Å². The lowest BCUT2D eigenvalue weighted by Crippen LogP contribution is -2.43. The number of aryl methyl sites for hydroxylation is 1. The van der Waals surface area contributed by atoms with E-state index in [1.807, 2.05) is 13.8 Å². The Morgan fingerprint density at radius 2 is 1.71 bits per heavy atom. The first kappa shape index (κ1) is 22.5. The van der Waals surface area contributed by atoms with Gasteiger partial charge < -0.3 is 10.2 Å². The molecule has 4 fully saturated rings. The monoisotopic (exact) mass is 445 g/mol. The highest BCUT2D eigenvalue weighted by Gasteiger charge is 2.45. The van der Waals surface area contributed by atoms with Crippen molar-refractivity contribution in [3.05, 3.63) is 23.8 Å². The molecule has 3 saturated carbocycles. The zero-order chi connectivity index (χ0) is 22.2. The number of nitrogens with one attached hydrogen (secondary N) is 1. The third kappa shape index (κ3) is 4.72. The fourth-order valence-electron chi connectivity index (χ4n) is 5.52. The van der Waals surface area contributed by atoms with Gasteiger partial charge in [0.15, 0.2) is 0 Å². The van der Waals surface area contributed by atoms with E-state index < -0.39 is 10.0 Å². The minimum absolute atomic E-state index is 0.0977. The van der Waals surface area contributed by atoms with Crippen molar-refractivity contribution in [1.82, 2.24) is 4.90 Å². The zero-order valence-electron chi connectivity index (χ0n) is 19.0. The SMILES string of the molecule is C/C(=N/S(=O)(=O)c1ccc(NC(=O)C23CCC(CC2)CC3)c(C)c1)C1CCN(C)CC1. The Labute approximate surface area is 186 Å². The average Bonchev–Trinajstić information content (AvgIpc) is 2.76. The van der Waals surface area contributed by atoms with Crippen LogP contribution in [-0.4, -0.2) is 45.1 Å². The summed E-state index contributed by atoms with van der Waals surface area (Å²) in [5, 5.41) is 3.10. The topological polar surface area (TPSA) is 78.8 Å². The van der Waals surface area contributed by atoms with Gasteiger partial charge in [0.05, 0.1) is 4.90 Å². The van der Waals surface area contributed by atoms with E-state index in [4.69, 9.17) is 0 Å². The lowest BCUT2D eigenvalue weighted by atomic mass is 9.60. The second-order valence-electron chi connectivity index (χ2n) is 9.98. The number of piperidine rings is 1. The summed E-state index contributed by atoms with van der Waals surface area (Å²) in [6.07, 6.45) is 8.25. The number of anilines is 1. The summed E-state index contributed by atoms with van der Waals surface area (Å²) < 4.78 is 29.9. The molecular weight excluding hydrogens is 410 g/mol. The molecule has 31 heavy (non-hydrogen) atoms. The highest BCUT2D eigenvalue weighted by molar-refractivity contribution is 7.90. The number of nitrogens with zero attached hydrogens (tertiary/aromatic N) is 2. The van der Waals surface area contributed by atoms with Crippen LogP contribution in [0, 0.1) is 24.2 Å². The number of sulfonamides is 1. The molecule has 1 N–H and O–H groups in total. The number of rotatable bonds is 5. The van der Waals surface area contributed by atoms with Gasteiger partial charge in [-0.2, -0.15) is 12.8 Å². The Morgan fingerprint density at radius 1 is 1.10 bits per heavy atom. The molecule has 1 aliphatic heterocycles. The molecule has 0 atom stereocenters. The Balaban J connectivity index is 1.47. The lowest BCUT2D eigenvalue weighted by molar-refractivity contribution is -0.131. The van der Waals surface area contributed by atoms with Crippen LogP contribution >= 0.6 is 0 Å². The van der Waals surface area contributed by atoms with Crippen LogP contribution in [0.1, 0.15) is 63.9 Å². The van der Waals surface area contributed by atoms with Crippen molar-refractivity contribution >= 4 is 27.3 Å². The van der Waals surface area contributed by atoms with E-state index in [0.717, 1.165) is 75.9 Å². The largest absolute Gasteiger partial charge is 0.325 e. The van der Waals surface area contributed by atoms with Crippen LogP contribution < -0.4 is 5.32 Å². The van der Waals surface area contributed by atoms with Crippen LogP contribution in [0.4, 0.5) is 5.69 Å². The molecule has 3 aliphatic carbocycles. The van der Waals surface area contributed by atoms with Crippen molar-refractivity contribution in [3.8, 4) is 0 Å². The average molecular weight is 446 g/mol. The van der Waals surface area contributed by atoms with Gasteiger partial charge in [0.1, 0.15) is 0 Å². The summed E-state index contributed by atoms with van der Waals surface area (Å²) in [6.45, 7) is 5.60. The maximum Gasteiger partial charge on any atom is 0.282 e. The van der Waals surface area contributed by atoms with Gasteiger partial charge >= 0.3 is 0 Å². The van der Waals surface area contributed by atoms with Crippen LogP contribution in [0.25, 0.3) is 0 Å². The first-order chi connectivity index (χ1) is 14.7. The summed E-state index contributed by atoms with van der Waals surface area (Å²) in [5.74, 6) is 1.12.